The molecular weight excluding hydrogens is 364 g/mol. The van der Waals surface area contributed by atoms with Crippen LogP contribution in [-0.2, 0) is 0 Å². The van der Waals surface area contributed by atoms with E-state index in [0.29, 0.717) is 0 Å². The zero-order valence-electron chi connectivity index (χ0n) is 16.3. The fourth-order valence-corrected chi connectivity index (χ4v) is 5.06. The minimum absolute atomic E-state index is 1.18. The predicted molar refractivity (Wildman–Crippen MR) is 128 cm³/mol. The zero-order valence-corrected chi connectivity index (χ0v) is 16.3. The van der Waals surface area contributed by atoms with E-state index < -0.39 is 0 Å². The van der Waals surface area contributed by atoms with Crippen LogP contribution in [0.3, 0.4) is 0 Å². The van der Waals surface area contributed by atoms with E-state index in [1.807, 2.05) is 0 Å². The Bertz CT molecular complexity index is 1730. The van der Waals surface area contributed by atoms with E-state index in [9.17, 15) is 0 Å². The first-order valence-corrected chi connectivity index (χ1v) is 10.3. The van der Waals surface area contributed by atoms with Crippen molar-refractivity contribution in [3.8, 4) is 5.69 Å². The highest BCUT2D eigenvalue weighted by Gasteiger charge is 2.17. The minimum Gasteiger partial charge on any atom is -0.354 e. The molecule has 0 radical (unpaired) electrons. The van der Waals surface area contributed by atoms with Crippen LogP contribution < -0.4 is 0 Å². The first-order chi connectivity index (χ1) is 14.9. The maximum atomic E-state index is 3.76. The number of benzene rings is 5. The highest BCUT2D eigenvalue weighted by Crippen LogP contribution is 2.42. The molecule has 2 aromatic heterocycles. The molecule has 2 heteroatoms. The number of aromatic amines is 1. The van der Waals surface area contributed by atoms with Crippen LogP contribution in [0.25, 0.3) is 59.9 Å². The first-order valence-electron chi connectivity index (χ1n) is 10.3. The number of H-pyrrole nitrogens is 1. The number of nitrogens with one attached hydrogen (secondary N) is 1. The average Bonchev–Trinajstić information content (AvgIpc) is 3.42. The summed E-state index contributed by atoms with van der Waals surface area (Å²) in [5.41, 5.74) is 4.83. The third kappa shape index (κ3) is 1.98. The van der Waals surface area contributed by atoms with Crippen molar-refractivity contribution >= 4 is 54.3 Å². The zero-order chi connectivity index (χ0) is 19.7. The Morgan fingerprint density at radius 1 is 0.533 bits per heavy atom. The van der Waals surface area contributed by atoms with Crippen LogP contribution in [0.4, 0.5) is 0 Å². The monoisotopic (exact) mass is 382 g/mol. The number of aromatic nitrogens is 2. The van der Waals surface area contributed by atoms with E-state index in [0.717, 1.165) is 0 Å². The lowest BCUT2D eigenvalue weighted by molar-refractivity contribution is 1.13. The van der Waals surface area contributed by atoms with Gasteiger partial charge in [-0.3, -0.25) is 0 Å². The fraction of sp³-hybridized carbons (Fsp3) is 0. The maximum absolute atomic E-state index is 3.76. The molecule has 2 nitrogen and oxygen atoms in total. The number of hydrogen-bond donors (Lipinski definition) is 1. The number of nitrogens with zero attached hydrogens (tertiary/aromatic N) is 1. The molecule has 5 aromatic carbocycles. The van der Waals surface area contributed by atoms with E-state index in [4.69, 9.17) is 0 Å². The van der Waals surface area contributed by atoms with Crippen molar-refractivity contribution in [1.82, 2.24) is 9.55 Å². The van der Waals surface area contributed by atoms with E-state index in [-0.39, 0.29) is 0 Å². The number of para-hydroxylation sites is 1. The Balaban J connectivity index is 1.77. The van der Waals surface area contributed by atoms with E-state index in [1.54, 1.807) is 0 Å². The Labute approximate surface area is 173 Å². The molecule has 0 aliphatic heterocycles. The third-order valence-corrected chi connectivity index (χ3v) is 6.33. The van der Waals surface area contributed by atoms with Gasteiger partial charge in [0, 0.05) is 38.9 Å². The third-order valence-electron chi connectivity index (χ3n) is 6.33. The molecule has 0 saturated carbocycles. The molecule has 0 fully saturated rings. The Morgan fingerprint density at radius 3 is 2.13 bits per heavy atom. The topological polar surface area (TPSA) is 20.7 Å². The van der Waals surface area contributed by atoms with Crippen molar-refractivity contribution in [2.75, 3.05) is 0 Å². The molecule has 0 saturated heterocycles. The lowest BCUT2D eigenvalue weighted by Gasteiger charge is -2.10. The maximum Gasteiger partial charge on any atom is 0.0628 e. The minimum atomic E-state index is 1.18. The largest absolute Gasteiger partial charge is 0.354 e. The normalized spacial score (nSPS) is 12.0. The van der Waals surface area contributed by atoms with Crippen molar-refractivity contribution < 1.29 is 0 Å². The molecule has 30 heavy (non-hydrogen) atoms. The Kier molecular flexibility index (Phi) is 3.03. The number of hydrogen-bond acceptors (Lipinski definition) is 0. The fourth-order valence-electron chi connectivity index (χ4n) is 5.06. The Hall–Kier alpha value is -4.04. The number of rotatable bonds is 1. The summed E-state index contributed by atoms with van der Waals surface area (Å²) in [5, 5.41) is 9.03. The van der Waals surface area contributed by atoms with Gasteiger partial charge in [0.2, 0.25) is 0 Å². The van der Waals surface area contributed by atoms with Gasteiger partial charge in [0.25, 0.3) is 0 Å². The molecule has 0 aliphatic rings. The van der Waals surface area contributed by atoms with Crippen LogP contribution in [0.15, 0.2) is 103 Å². The molecule has 0 unspecified atom stereocenters. The van der Waals surface area contributed by atoms with Crippen molar-refractivity contribution in [2.45, 2.75) is 0 Å². The van der Waals surface area contributed by atoms with Crippen molar-refractivity contribution in [2.24, 2.45) is 0 Å². The van der Waals surface area contributed by atoms with Gasteiger partial charge in [0.1, 0.15) is 0 Å². The second kappa shape index (κ2) is 5.74. The second-order valence-corrected chi connectivity index (χ2v) is 7.91. The van der Waals surface area contributed by atoms with Gasteiger partial charge in [-0.15, -0.1) is 0 Å². The van der Waals surface area contributed by atoms with Gasteiger partial charge in [-0.05, 0) is 40.4 Å². The summed E-state index contributed by atoms with van der Waals surface area (Å²) in [6.07, 6.45) is 2.19. The summed E-state index contributed by atoms with van der Waals surface area (Å²) in [5.74, 6) is 0. The van der Waals surface area contributed by atoms with Gasteiger partial charge in [-0.1, -0.05) is 72.8 Å². The molecule has 2 heterocycles. The SMILES string of the molecule is c1ccc(-n2ccc3c4[nH]c5ccc6ccccc6c5c4c4ccccc4c32)cc1. The van der Waals surface area contributed by atoms with Crippen molar-refractivity contribution in [3.63, 3.8) is 0 Å². The molecule has 7 rings (SSSR count). The summed E-state index contributed by atoms with van der Waals surface area (Å²) in [6, 6.07) is 34.7. The Morgan fingerprint density at radius 2 is 1.27 bits per heavy atom. The van der Waals surface area contributed by atoms with Gasteiger partial charge in [0.05, 0.1) is 11.0 Å². The molecule has 0 atom stereocenters. The summed E-state index contributed by atoms with van der Waals surface area (Å²) >= 11 is 0. The quantitative estimate of drug-likeness (QED) is 0.302. The predicted octanol–water partition coefficient (Wildman–Crippen LogP) is 7.57. The van der Waals surface area contributed by atoms with Gasteiger partial charge in [0.15, 0.2) is 0 Å². The average molecular weight is 382 g/mol. The molecule has 0 bridgehead atoms. The van der Waals surface area contributed by atoms with Crippen molar-refractivity contribution in [1.29, 1.82) is 0 Å². The molecule has 1 N–H and O–H groups in total. The first kappa shape index (κ1) is 15.8. The van der Waals surface area contributed by atoms with Crippen LogP contribution in [0.5, 0.6) is 0 Å². The van der Waals surface area contributed by atoms with Crippen LogP contribution in [0.2, 0.25) is 0 Å². The van der Waals surface area contributed by atoms with Gasteiger partial charge < -0.3 is 9.55 Å². The van der Waals surface area contributed by atoms with E-state index in [2.05, 4.69) is 113 Å². The van der Waals surface area contributed by atoms with Crippen LogP contribution in [-0.4, -0.2) is 9.55 Å². The van der Waals surface area contributed by atoms with Crippen LogP contribution in [0, 0.1) is 0 Å². The summed E-state index contributed by atoms with van der Waals surface area (Å²) in [6.45, 7) is 0. The molecular formula is C28H18N2. The molecule has 0 aliphatic carbocycles. The van der Waals surface area contributed by atoms with Crippen LogP contribution >= 0.6 is 0 Å². The van der Waals surface area contributed by atoms with Crippen LogP contribution in [0.1, 0.15) is 0 Å². The number of fused-ring (bicyclic) bond motifs is 10. The summed E-state index contributed by atoms with van der Waals surface area (Å²) < 4.78 is 2.31. The smallest absolute Gasteiger partial charge is 0.0628 e. The molecule has 7 aromatic rings. The van der Waals surface area contributed by atoms with Gasteiger partial charge in [-0.2, -0.15) is 0 Å². The molecule has 0 amide bonds. The van der Waals surface area contributed by atoms with Crippen molar-refractivity contribution in [3.05, 3.63) is 103 Å². The summed E-state index contributed by atoms with van der Waals surface area (Å²) in [7, 11) is 0. The van der Waals surface area contributed by atoms with E-state index >= 15 is 0 Å². The van der Waals surface area contributed by atoms with Gasteiger partial charge in [-0.25, -0.2) is 0 Å². The second-order valence-electron chi connectivity index (χ2n) is 7.91. The summed E-state index contributed by atoms with van der Waals surface area (Å²) in [4.78, 5) is 3.76. The highest BCUT2D eigenvalue weighted by atomic mass is 15.0. The molecule has 140 valence electrons. The van der Waals surface area contributed by atoms with E-state index in [1.165, 1.54) is 59.9 Å². The lowest BCUT2D eigenvalue weighted by atomic mass is 9.98. The lowest BCUT2D eigenvalue weighted by Crippen LogP contribution is -1.92. The standard InChI is InChI=1S/C28H18N2/c1-2-9-19(10-3-1)30-17-16-23-27-26(21-12-6-7-13-22(21)28(23)30)25-20-11-5-4-8-18(20)14-15-24(25)29-27/h1-17,29H. The van der Waals surface area contributed by atoms with Gasteiger partial charge >= 0.3 is 0 Å². The molecule has 0 spiro atoms. The highest BCUT2D eigenvalue weighted by molar-refractivity contribution is 6.34.